The summed E-state index contributed by atoms with van der Waals surface area (Å²) < 4.78 is 0. The lowest BCUT2D eigenvalue weighted by Crippen LogP contribution is -2.15. The Labute approximate surface area is 88.4 Å². The maximum absolute atomic E-state index is 2.33. The van der Waals surface area contributed by atoms with Crippen molar-refractivity contribution < 1.29 is 0 Å². The molecule has 0 radical (unpaired) electrons. The zero-order valence-electron chi connectivity index (χ0n) is 10.3. The maximum Gasteiger partial charge on any atom is -0.0129 e. The van der Waals surface area contributed by atoms with E-state index >= 15 is 0 Å². The molecule has 0 atom stereocenters. The molecule has 0 unspecified atom stereocenters. The first-order valence-electron chi connectivity index (χ1n) is 5.43. The molecule has 0 spiro atoms. The van der Waals surface area contributed by atoms with Gasteiger partial charge in [0, 0.05) is 0 Å². The average molecular weight is 190 g/mol. The molecule has 0 nitrogen and oxygen atoms in total. The number of aryl methyl sites for hydroxylation is 1. The van der Waals surface area contributed by atoms with Gasteiger partial charge in [0.05, 0.1) is 0 Å². The van der Waals surface area contributed by atoms with Gasteiger partial charge in [0.25, 0.3) is 0 Å². The van der Waals surface area contributed by atoms with Crippen LogP contribution in [0.2, 0.25) is 0 Å². The standard InChI is InChI=1S/C14H22/c1-10(2)12-8-7-11(3)9-13(12)14(4,5)6/h7-10H,1-6H3. The van der Waals surface area contributed by atoms with Crippen LogP contribution in [0, 0.1) is 6.92 Å². The molecular weight excluding hydrogens is 168 g/mol. The second-order valence-corrected chi connectivity index (χ2v) is 5.50. The van der Waals surface area contributed by atoms with E-state index in [0.29, 0.717) is 5.92 Å². The highest BCUT2D eigenvalue weighted by Crippen LogP contribution is 2.31. The Balaban J connectivity index is 3.30. The van der Waals surface area contributed by atoms with Crippen LogP contribution in [0.3, 0.4) is 0 Å². The summed E-state index contributed by atoms with van der Waals surface area (Å²) in [6.07, 6.45) is 0. The molecule has 0 aliphatic rings. The Morgan fingerprint density at radius 1 is 1.07 bits per heavy atom. The van der Waals surface area contributed by atoms with Gasteiger partial charge in [-0.2, -0.15) is 0 Å². The summed E-state index contributed by atoms with van der Waals surface area (Å²) in [6, 6.07) is 6.82. The highest BCUT2D eigenvalue weighted by atomic mass is 14.2. The van der Waals surface area contributed by atoms with Crippen LogP contribution in [0.5, 0.6) is 0 Å². The molecule has 1 rings (SSSR count). The zero-order valence-corrected chi connectivity index (χ0v) is 10.3. The van der Waals surface area contributed by atoms with Gasteiger partial charge in [-0.25, -0.2) is 0 Å². The van der Waals surface area contributed by atoms with Gasteiger partial charge in [0.2, 0.25) is 0 Å². The fraction of sp³-hybridized carbons (Fsp3) is 0.571. The topological polar surface area (TPSA) is 0 Å². The molecule has 0 aliphatic heterocycles. The third kappa shape index (κ3) is 2.37. The summed E-state index contributed by atoms with van der Waals surface area (Å²) in [5.74, 6) is 0.616. The van der Waals surface area contributed by atoms with E-state index in [9.17, 15) is 0 Å². The zero-order chi connectivity index (χ0) is 10.9. The van der Waals surface area contributed by atoms with Gasteiger partial charge in [-0.1, -0.05) is 58.4 Å². The average Bonchev–Trinajstić information content (AvgIpc) is 2.01. The van der Waals surface area contributed by atoms with E-state index in [1.165, 1.54) is 16.7 Å². The molecule has 0 saturated heterocycles. The van der Waals surface area contributed by atoms with Crippen molar-refractivity contribution in [1.82, 2.24) is 0 Å². The molecule has 0 heteroatoms. The van der Waals surface area contributed by atoms with Crippen molar-refractivity contribution in [3.63, 3.8) is 0 Å². The molecule has 0 bridgehead atoms. The molecule has 1 aromatic rings. The first-order valence-corrected chi connectivity index (χ1v) is 5.43. The van der Waals surface area contributed by atoms with Gasteiger partial charge in [-0.3, -0.25) is 0 Å². The smallest absolute Gasteiger partial charge is 0.0129 e. The van der Waals surface area contributed by atoms with E-state index in [2.05, 4.69) is 59.7 Å². The molecule has 0 saturated carbocycles. The van der Waals surface area contributed by atoms with Crippen LogP contribution in [0.15, 0.2) is 18.2 Å². The highest BCUT2D eigenvalue weighted by Gasteiger charge is 2.19. The van der Waals surface area contributed by atoms with Crippen LogP contribution in [0.1, 0.15) is 57.2 Å². The molecule has 1 aromatic carbocycles. The summed E-state index contributed by atoms with van der Waals surface area (Å²) in [6.45, 7) is 13.5. The normalized spacial score (nSPS) is 12.2. The Kier molecular flexibility index (Phi) is 3.04. The van der Waals surface area contributed by atoms with Gasteiger partial charge in [0.15, 0.2) is 0 Å². The lowest BCUT2D eigenvalue weighted by molar-refractivity contribution is 0.576. The van der Waals surface area contributed by atoms with Crippen LogP contribution in [0.4, 0.5) is 0 Å². The molecule has 78 valence electrons. The van der Waals surface area contributed by atoms with Crippen molar-refractivity contribution in [2.24, 2.45) is 0 Å². The van der Waals surface area contributed by atoms with Gasteiger partial charge >= 0.3 is 0 Å². The fourth-order valence-corrected chi connectivity index (χ4v) is 1.82. The third-order valence-electron chi connectivity index (χ3n) is 2.64. The number of hydrogen-bond acceptors (Lipinski definition) is 0. The summed E-state index contributed by atoms with van der Waals surface area (Å²) in [5.41, 5.74) is 4.60. The summed E-state index contributed by atoms with van der Waals surface area (Å²) >= 11 is 0. The predicted octanol–water partition coefficient (Wildman–Crippen LogP) is 4.42. The Bertz CT molecular complexity index is 313. The molecule has 0 aliphatic carbocycles. The number of rotatable bonds is 1. The largest absolute Gasteiger partial charge is 0.0590 e. The van der Waals surface area contributed by atoms with Crippen molar-refractivity contribution in [2.75, 3.05) is 0 Å². The predicted molar refractivity (Wildman–Crippen MR) is 64.0 cm³/mol. The second-order valence-electron chi connectivity index (χ2n) is 5.50. The van der Waals surface area contributed by atoms with Crippen molar-refractivity contribution in [3.8, 4) is 0 Å². The van der Waals surface area contributed by atoms with Crippen LogP contribution >= 0.6 is 0 Å². The monoisotopic (exact) mass is 190 g/mol. The Morgan fingerprint density at radius 3 is 2.07 bits per heavy atom. The summed E-state index contributed by atoms with van der Waals surface area (Å²) in [4.78, 5) is 0. The molecular formula is C14H22. The third-order valence-corrected chi connectivity index (χ3v) is 2.64. The van der Waals surface area contributed by atoms with Gasteiger partial charge in [-0.05, 0) is 29.4 Å². The van der Waals surface area contributed by atoms with E-state index in [4.69, 9.17) is 0 Å². The minimum atomic E-state index is 0.256. The maximum atomic E-state index is 2.33. The van der Waals surface area contributed by atoms with Crippen molar-refractivity contribution >= 4 is 0 Å². The number of benzene rings is 1. The highest BCUT2D eigenvalue weighted by molar-refractivity contribution is 5.38. The molecule has 0 amide bonds. The lowest BCUT2D eigenvalue weighted by Gasteiger charge is -2.25. The molecule has 0 fully saturated rings. The van der Waals surface area contributed by atoms with Gasteiger partial charge in [-0.15, -0.1) is 0 Å². The molecule has 0 aromatic heterocycles. The van der Waals surface area contributed by atoms with E-state index < -0.39 is 0 Å². The summed E-state index contributed by atoms with van der Waals surface area (Å²) in [5, 5.41) is 0. The van der Waals surface area contributed by atoms with Gasteiger partial charge < -0.3 is 0 Å². The summed E-state index contributed by atoms with van der Waals surface area (Å²) in [7, 11) is 0. The van der Waals surface area contributed by atoms with E-state index in [1.54, 1.807) is 0 Å². The fourth-order valence-electron chi connectivity index (χ4n) is 1.82. The first-order chi connectivity index (χ1) is 6.32. The molecule has 14 heavy (non-hydrogen) atoms. The Hall–Kier alpha value is -0.780. The van der Waals surface area contributed by atoms with Crippen LogP contribution in [-0.2, 0) is 5.41 Å². The van der Waals surface area contributed by atoms with E-state index in [0.717, 1.165) is 0 Å². The first kappa shape index (κ1) is 11.3. The quantitative estimate of drug-likeness (QED) is 0.615. The minimum absolute atomic E-state index is 0.256. The SMILES string of the molecule is Cc1ccc(C(C)C)c(C(C)(C)C)c1. The second kappa shape index (κ2) is 3.76. The van der Waals surface area contributed by atoms with E-state index in [1.807, 2.05) is 0 Å². The van der Waals surface area contributed by atoms with Crippen molar-refractivity contribution in [3.05, 3.63) is 34.9 Å². The van der Waals surface area contributed by atoms with E-state index in [-0.39, 0.29) is 5.41 Å². The van der Waals surface area contributed by atoms with Crippen LogP contribution in [0.25, 0.3) is 0 Å². The number of hydrogen-bond donors (Lipinski definition) is 0. The van der Waals surface area contributed by atoms with Crippen molar-refractivity contribution in [2.45, 2.75) is 52.9 Å². The molecule has 0 heterocycles. The molecule has 0 N–H and O–H groups in total. The minimum Gasteiger partial charge on any atom is -0.0590 e. The van der Waals surface area contributed by atoms with Gasteiger partial charge in [0.1, 0.15) is 0 Å². The lowest BCUT2D eigenvalue weighted by atomic mass is 9.80. The Morgan fingerprint density at radius 2 is 1.64 bits per heavy atom. The van der Waals surface area contributed by atoms with Crippen LogP contribution in [-0.4, -0.2) is 0 Å². The van der Waals surface area contributed by atoms with Crippen molar-refractivity contribution in [1.29, 1.82) is 0 Å². The van der Waals surface area contributed by atoms with Crippen LogP contribution < -0.4 is 0 Å².